The first-order chi connectivity index (χ1) is 5.92. The van der Waals surface area contributed by atoms with Crippen molar-refractivity contribution in [2.75, 3.05) is 17.7 Å². The molecule has 1 aliphatic rings. The molecule has 0 N–H and O–H groups in total. The Kier molecular flexibility index (Phi) is 2.23. The Morgan fingerprint density at radius 2 is 2.25 bits per heavy atom. The molecular formula is C8H8ClNOSi. The first kappa shape index (κ1) is 7.95. The Balaban J connectivity index is 2.37. The number of fused-ring (bicyclic) bond motifs is 1. The highest BCUT2D eigenvalue weighted by Gasteiger charge is 2.16. The second-order valence-electron chi connectivity index (χ2n) is 2.55. The van der Waals surface area contributed by atoms with Crippen molar-refractivity contribution in [3.8, 4) is 5.75 Å². The number of anilines is 1. The zero-order chi connectivity index (χ0) is 8.39. The third kappa shape index (κ3) is 1.30. The van der Waals surface area contributed by atoms with Gasteiger partial charge in [0.25, 0.3) is 0 Å². The number of rotatable bonds is 1. The summed E-state index contributed by atoms with van der Waals surface area (Å²) >= 11 is 5.81. The fraction of sp³-hybridized carbons (Fsp3) is 0.250. The number of benzene rings is 1. The molecule has 0 bridgehead atoms. The average Bonchev–Trinajstić information content (AvgIpc) is 2.17. The number of para-hydroxylation sites is 2. The summed E-state index contributed by atoms with van der Waals surface area (Å²) in [6.07, 6.45) is 0. The number of nitrogens with zero attached hydrogens (tertiary/aromatic N) is 1. The van der Waals surface area contributed by atoms with Gasteiger partial charge in [0, 0.05) is 6.54 Å². The fourth-order valence-electron chi connectivity index (χ4n) is 1.26. The summed E-state index contributed by atoms with van der Waals surface area (Å²) in [5.74, 6) is 0.942. The van der Waals surface area contributed by atoms with Gasteiger partial charge in [-0.25, -0.2) is 0 Å². The van der Waals surface area contributed by atoms with E-state index >= 15 is 0 Å². The van der Waals surface area contributed by atoms with Crippen molar-refractivity contribution in [3.63, 3.8) is 0 Å². The average molecular weight is 198 g/mol. The Morgan fingerprint density at radius 3 is 3.08 bits per heavy atom. The molecule has 12 heavy (non-hydrogen) atoms. The molecule has 1 heterocycles. The highest BCUT2D eigenvalue weighted by molar-refractivity contribution is 6.95. The van der Waals surface area contributed by atoms with Gasteiger partial charge in [0.15, 0.2) is 0 Å². The second-order valence-corrected chi connectivity index (χ2v) is 3.77. The van der Waals surface area contributed by atoms with Gasteiger partial charge < -0.3 is 9.30 Å². The molecule has 1 aliphatic heterocycles. The van der Waals surface area contributed by atoms with Crippen LogP contribution in [0.4, 0.5) is 5.69 Å². The van der Waals surface area contributed by atoms with E-state index in [0.29, 0.717) is 8.99 Å². The maximum atomic E-state index is 5.81. The molecule has 0 aliphatic carbocycles. The van der Waals surface area contributed by atoms with Crippen molar-refractivity contribution in [3.05, 3.63) is 24.3 Å². The van der Waals surface area contributed by atoms with Gasteiger partial charge in [0.05, 0.1) is 5.69 Å². The number of halogens is 1. The molecule has 2 nitrogen and oxygen atoms in total. The molecule has 4 heteroatoms. The molecule has 62 valence electrons. The van der Waals surface area contributed by atoms with Crippen LogP contribution in [-0.2, 0) is 0 Å². The third-order valence-electron chi connectivity index (χ3n) is 1.83. The lowest BCUT2D eigenvalue weighted by Crippen LogP contribution is -2.33. The van der Waals surface area contributed by atoms with E-state index in [-0.39, 0.29) is 0 Å². The standard InChI is InChI=1S/C8H8ClNOSi/c9-12-10-5-6-11-8-4-2-1-3-7(8)10/h1-4H,5-6H2. The predicted octanol–water partition coefficient (Wildman–Crippen LogP) is 1.66. The van der Waals surface area contributed by atoms with Gasteiger partial charge in [-0.2, -0.15) is 0 Å². The minimum atomic E-state index is 0.300. The zero-order valence-corrected chi connectivity index (χ0v) is 8.21. The van der Waals surface area contributed by atoms with E-state index < -0.39 is 0 Å². The Morgan fingerprint density at radius 1 is 1.42 bits per heavy atom. The van der Waals surface area contributed by atoms with E-state index in [2.05, 4.69) is 4.57 Å². The lowest BCUT2D eigenvalue weighted by Gasteiger charge is -2.28. The first-order valence-corrected chi connectivity index (χ1v) is 5.73. The summed E-state index contributed by atoms with van der Waals surface area (Å²) < 4.78 is 7.59. The van der Waals surface area contributed by atoms with Crippen molar-refractivity contribution in [1.82, 2.24) is 0 Å². The minimum absolute atomic E-state index is 0.300. The van der Waals surface area contributed by atoms with E-state index in [1.165, 1.54) is 0 Å². The van der Waals surface area contributed by atoms with Crippen LogP contribution in [0.25, 0.3) is 0 Å². The van der Waals surface area contributed by atoms with Gasteiger partial charge in [0.2, 0.25) is 0 Å². The summed E-state index contributed by atoms with van der Waals surface area (Å²) in [6.45, 7) is 1.62. The van der Waals surface area contributed by atoms with Crippen LogP contribution in [0.3, 0.4) is 0 Å². The van der Waals surface area contributed by atoms with Gasteiger partial charge in [-0.15, -0.1) is 11.1 Å². The van der Waals surface area contributed by atoms with E-state index in [1.54, 1.807) is 0 Å². The van der Waals surface area contributed by atoms with Crippen LogP contribution in [0.15, 0.2) is 24.3 Å². The normalized spacial score (nSPS) is 15.2. The summed E-state index contributed by atoms with van der Waals surface area (Å²) in [5.41, 5.74) is 1.11. The van der Waals surface area contributed by atoms with E-state index in [4.69, 9.17) is 15.8 Å². The summed E-state index contributed by atoms with van der Waals surface area (Å²) in [6, 6.07) is 7.97. The van der Waals surface area contributed by atoms with Crippen molar-refractivity contribution < 1.29 is 4.74 Å². The molecule has 1 aromatic carbocycles. The van der Waals surface area contributed by atoms with E-state index in [1.807, 2.05) is 24.3 Å². The van der Waals surface area contributed by atoms with Crippen molar-refractivity contribution >= 4 is 25.8 Å². The topological polar surface area (TPSA) is 12.5 Å². The lowest BCUT2D eigenvalue weighted by molar-refractivity contribution is 0.317. The fourth-order valence-corrected chi connectivity index (χ4v) is 2.24. The predicted molar refractivity (Wildman–Crippen MR) is 50.9 cm³/mol. The Hall–Kier alpha value is -0.673. The molecule has 0 saturated carbocycles. The van der Waals surface area contributed by atoms with E-state index in [0.717, 1.165) is 24.6 Å². The molecule has 0 amide bonds. The van der Waals surface area contributed by atoms with Crippen LogP contribution in [0, 0.1) is 0 Å². The molecule has 0 spiro atoms. The summed E-state index contributed by atoms with van der Waals surface area (Å²) in [5, 5.41) is 0. The maximum absolute atomic E-state index is 5.81. The van der Waals surface area contributed by atoms with Crippen LogP contribution in [0.5, 0.6) is 5.75 Å². The molecule has 0 saturated heterocycles. The van der Waals surface area contributed by atoms with E-state index in [9.17, 15) is 0 Å². The smallest absolute Gasteiger partial charge is 0.311 e. The van der Waals surface area contributed by atoms with Crippen LogP contribution >= 0.6 is 11.1 Å². The second kappa shape index (κ2) is 3.37. The molecule has 2 radical (unpaired) electrons. The van der Waals surface area contributed by atoms with Crippen molar-refractivity contribution in [2.45, 2.75) is 0 Å². The molecule has 1 aromatic rings. The number of ether oxygens (including phenoxy) is 1. The van der Waals surface area contributed by atoms with Gasteiger partial charge in [0.1, 0.15) is 12.4 Å². The maximum Gasteiger partial charge on any atom is 0.311 e. The highest BCUT2D eigenvalue weighted by Crippen LogP contribution is 2.30. The Bertz CT molecular complexity index is 282. The number of hydrogen-bond acceptors (Lipinski definition) is 2. The monoisotopic (exact) mass is 197 g/mol. The van der Waals surface area contributed by atoms with Crippen LogP contribution in [-0.4, -0.2) is 22.1 Å². The quantitative estimate of drug-likeness (QED) is 0.502. The molecule has 0 fully saturated rings. The number of hydrogen-bond donors (Lipinski definition) is 0. The molecule has 2 rings (SSSR count). The van der Waals surface area contributed by atoms with Crippen molar-refractivity contribution in [1.29, 1.82) is 0 Å². The third-order valence-corrected chi connectivity index (χ3v) is 3.11. The molecule has 0 atom stereocenters. The van der Waals surface area contributed by atoms with Crippen LogP contribution < -0.4 is 9.30 Å². The van der Waals surface area contributed by atoms with Gasteiger partial charge in [-0.05, 0) is 12.1 Å². The summed E-state index contributed by atoms with van der Waals surface area (Å²) in [7, 11) is 0.300. The molecule has 0 unspecified atom stereocenters. The Labute approximate surface area is 78.7 Å². The first-order valence-electron chi connectivity index (χ1n) is 3.77. The van der Waals surface area contributed by atoms with Crippen LogP contribution in [0.2, 0.25) is 0 Å². The van der Waals surface area contributed by atoms with Gasteiger partial charge in [-0.3, -0.25) is 0 Å². The zero-order valence-electron chi connectivity index (χ0n) is 6.46. The molecular weight excluding hydrogens is 190 g/mol. The highest BCUT2D eigenvalue weighted by atomic mass is 35.6. The molecule has 0 aromatic heterocycles. The van der Waals surface area contributed by atoms with Gasteiger partial charge >= 0.3 is 8.99 Å². The minimum Gasteiger partial charge on any atom is -0.490 e. The largest absolute Gasteiger partial charge is 0.490 e. The lowest BCUT2D eigenvalue weighted by atomic mass is 10.2. The van der Waals surface area contributed by atoms with Crippen LogP contribution in [0.1, 0.15) is 0 Å². The van der Waals surface area contributed by atoms with Gasteiger partial charge in [-0.1, -0.05) is 12.1 Å². The SMILES string of the molecule is Cl[Si]N1CCOc2ccccc21. The van der Waals surface area contributed by atoms with Crippen molar-refractivity contribution in [2.24, 2.45) is 0 Å². The summed E-state index contributed by atoms with van der Waals surface area (Å²) in [4.78, 5) is 0.